The maximum atomic E-state index is 11.1. The zero-order valence-corrected chi connectivity index (χ0v) is 9.97. The van der Waals surface area contributed by atoms with Gasteiger partial charge in [-0.15, -0.1) is 0 Å². The highest BCUT2D eigenvalue weighted by Gasteiger charge is 2.21. The molecule has 1 heterocycles. The largest absolute Gasteiger partial charge is 0.490 e. The summed E-state index contributed by atoms with van der Waals surface area (Å²) in [6, 6.07) is 2.93. The average Bonchev–Trinajstić information content (AvgIpc) is 2.80. The fourth-order valence-electron chi connectivity index (χ4n) is 1.56. The molecule has 0 saturated carbocycles. The molecule has 1 aromatic carbocycles. The van der Waals surface area contributed by atoms with Crippen LogP contribution in [-0.2, 0) is 4.74 Å². The van der Waals surface area contributed by atoms with Crippen LogP contribution in [0.1, 0.15) is 17.3 Å². The van der Waals surface area contributed by atoms with Crippen molar-refractivity contribution >= 4 is 5.97 Å². The number of ether oxygens (including phenoxy) is 4. The summed E-state index contributed by atoms with van der Waals surface area (Å²) in [4.78, 5) is 11.1. The first kappa shape index (κ1) is 12.5. The van der Waals surface area contributed by atoms with Crippen LogP contribution < -0.4 is 14.2 Å². The van der Waals surface area contributed by atoms with E-state index in [1.165, 1.54) is 12.1 Å². The summed E-state index contributed by atoms with van der Waals surface area (Å²) in [5.41, 5.74) is 0.0516. The van der Waals surface area contributed by atoms with Crippen LogP contribution in [0.25, 0.3) is 0 Å². The van der Waals surface area contributed by atoms with E-state index in [4.69, 9.17) is 24.1 Å². The monoisotopic (exact) mass is 254 g/mol. The Morgan fingerprint density at radius 2 is 2.06 bits per heavy atom. The summed E-state index contributed by atoms with van der Waals surface area (Å²) in [5, 5.41) is 9.09. The van der Waals surface area contributed by atoms with Crippen LogP contribution in [0.15, 0.2) is 12.1 Å². The molecule has 2 rings (SSSR count). The number of rotatable bonds is 6. The number of hydrogen-bond acceptors (Lipinski definition) is 5. The van der Waals surface area contributed by atoms with Gasteiger partial charge in [-0.05, 0) is 6.92 Å². The first-order valence-corrected chi connectivity index (χ1v) is 5.60. The van der Waals surface area contributed by atoms with Crippen molar-refractivity contribution in [2.24, 2.45) is 0 Å². The van der Waals surface area contributed by atoms with Gasteiger partial charge in [-0.2, -0.15) is 0 Å². The van der Waals surface area contributed by atoms with E-state index in [1.807, 2.05) is 6.92 Å². The fourth-order valence-corrected chi connectivity index (χ4v) is 1.56. The lowest BCUT2D eigenvalue weighted by Gasteiger charge is -2.10. The molecule has 0 amide bonds. The maximum absolute atomic E-state index is 11.1. The molecule has 0 spiro atoms. The van der Waals surface area contributed by atoms with Gasteiger partial charge in [0.05, 0.1) is 6.61 Å². The zero-order valence-electron chi connectivity index (χ0n) is 9.97. The van der Waals surface area contributed by atoms with Gasteiger partial charge in [-0.3, -0.25) is 0 Å². The molecule has 0 atom stereocenters. The summed E-state index contributed by atoms with van der Waals surface area (Å²) in [5.74, 6) is 0.0992. The van der Waals surface area contributed by atoms with Crippen LogP contribution in [0, 0.1) is 0 Å². The molecule has 6 nitrogen and oxygen atoms in total. The first-order valence-electron chi connectivity index (χ1n) is 5.60. The molecule has 6 heteroatoms. The Morgan fingerprint density at radius 1 is 1.33 bits per heavy atom. The second-order valence-corrected chi connectivity index (χ2v) is 3.55. The Balaban J connectivity index is 2.14. The summed E-state index contributed by atoms with van der Waals surface area (Å²) in [7, 11) is 0. The van der Waals surface area contributed by atoms with Crippen molar-refractivity contribution in [3.8, 4) is 17.2 Å². The number of carboxylic acids is 1. The number of fused-ring (bicyclic) bond motifs is 1. The number of aromatic carboxylic acids is 1. The van der Waals surface area contributed by atoms with Gasteiger partial charge >= 0.3 is 5.97 Å². The van der Waals surface area contributed by atoms with Crippen LogP contribution in [0.5, 0.6) is 17.2 Å². The zero-order chi connectivity index (χ0) is 13.0. The maximum Gasteiger partial charge on any atom is 0.339 e. The Kier molecular flexibility index (Phi) is 3.88. The van der Waals surface area contributed by atoms with Crippen LogP contribution >= 0.6 is 0 Å². The third-order valence-corrected chi connectivity index (χ3v) is 2.39. The fraction of sp³-hybridized carbons (Fsp3) is 0.417. The van der Waals surface area contributed by atoms with Gasteiger partial charge in [-0.25, -0.2) is 4.79 Å². The quantitative estimate of drug-likeness (QED) is 0.776. The van der Waals surface area contributed by atoms with Crippen molar-refractivity contribution in [3.05, 3.63) is 17.7 Å². The van der Waals surface area contributed by atoms with Gasteiger partial charge in [0.15, 0.2) is 11.5 Å². The molecule has 1 N–H and O–H groups in total. The van der Waals surface area contributed by atoms with Crippen molar-refractivity contribution in [2.45, 2.75) is 6.92 Å². The van der Waals surface area contributed by atoms with Gasteiger partial charge in [0, 0.05) is 18.7 Å². The predicted octanol–water partition coefficient (Wildman–Crippen LogP) is 1.53. The molecule has 0 unspecified atom stereocenters. The molecule has 0 radical (unpaired) electrons. The van der Waals surface area contributed by atoms with Crippen LogP contribution in [0.3, 0.4) is 0 Å². The molecule has 0 aromatic heterocycles. The smallest absolute Gasteiger partial charge is 0.339 e. The second kappa shape index (κ2) is 5.59. The lowest BCUT2D eigenvalue weighted by atomic mass is 10.2. The molecule has 0 aliphatic carbocycles. The molecule has 0 saturated heterocycles. The van der Waals surface area contributed by atoms with Crippen molar-refractivity contribution in [3.63, 3.8) is 0 Å². The van der Waals surface area contributed by atoms with E-state index < -0.39 is 5.97 Å². The average molecular weight is 254 g/mol. The molecule has 18 heavy (non-hydrogen) atoms. The van der Waals surface area contributed by atoms with Gasteiger partial charge in [0.1, 0.15) is 17.9 Å². The van der Waals surface area contributed by atoms with E-state index in [1.54, 1.807) is 0 Å². The van der Waals surface area contributed by atoms with Crippen LogP contribution in [0.2, 0.25) is 0 Å². The number of benzene rings is 1. The van der Waals surface area contributed by atoms with Gasteiger partial charge < -0.3 is 24.1 Å². The number of carboxylic acid groups (broad SMARTS) is 1. The molecule has 0 bridgehead atoms. The van der Waals surface area contributed by atoms with E-state index in [0.29, 0.717) is 24.7 Å². The van der Waals surface area contributed by atoms with E-state index >= 15 is 0 Å². The van der Waals surface area contributed by atoms with Crippen molar-refractivity contribution in [2.75, 3.05) is 26.6 Å². The Morgan fingerprint density at radius 3 is 2.72 bits per heavy atom. The van der Waals surface area contributed by atoms with Crippen molar-refractivity contribution < 1.29 is 28.8 Å². The summed E-state index contributed by atoms with van der Waals surface area (Å²) < 4.78 is 20.8. The minimum absolute atomic E-state index is 0.0516. The second-order valence-electron chi connectivity index (χ2n) is 3.55. The third-order valence-electron chi connectivity index (χ3n) is 2.39. The van der Waals surface area contributed by atoms with E-state index in [2.05, 4.69) is 0 Å². The molecular weight excluding hydrogens is 240 g/mol. The summed E-state index contributed by atoms with van der Waals surface area (Å²) in [6.07, 6.45) is 0. The molecule has 1 aliphatic rings. The Bertz CT molecular complexity index is 442. The normalized spacial score (nSPS) is 12.5. The Hall–Kier alpha value is -1.95. The minimum Gasteiger partial charge on any atom is -0.490 e. The number of carbonyl (C=O) groups is 1. The summed E-state index contributed by atoms with van der Waals surface area (Å²) >= 11 is 0. The molecule has 98 valence electrons. The highest BCUT2D eigenvalue weighted by atomic mass is 16.7. The third kappa shape index (κ3) is 2.65. The van der Waals surface area contributed by atoms with Gasteiger partial charge in [0.25, 0.3) is 0 Å². The standard InChI is InChI=1S/C12H14O6/c1-2-15-3-4-16-9-6-11-10(17-7-18-11)5-8(9)12(13)14/h5-6H,2-4,7H2,1H3,(H,13,14). The van der Waals surface area contributed by atoms with Crippen molar-refractivity contribution in [1.82, 2.24) is 0 Å². The highest BCUT2D eigenvalue weighted by molar-refractivity contribution is 5.92. The van der Waals surface area contributed by atoms with E-state index in [9.17, 15) is 4.79 Å². The van der Waals surface area contributed by atoms with Crippen molar-refractivity contribution in [1.29, 1.82) is 0 Å². The Labute approximate surface area is 104 Å². The minimum atomic E-state index is -1.07. The SMILES string of the molecule is CCOCCOc1cc2c(cc1C(=O)O)OCO2. The van der Waals surface area contributed by atoms with E-state index in [-0.39, 0.29) is 24.7 Å². The van der Waals surface area contributed by atoms with Gasteiger partial charge in [0.2, 0.25) is 6.79 Å². The van der Waals surface area contributed by atoms with E-state index in [0.717, 1.165) is 0 Å². The summed E-state index contributed by atoms with van der Waals surface area (Å²) in [6.45, 7) is 3.26. The lowest BCUT2D eigenvalue weighted by Crippen LogP contribution is -2.09. The highest BCUT2D eigenvalue weighted by Crippen LogP contribution is 2.38. The first-order chi connectivity index (χ1) is 8.72. The van der Waals surface area contributed by atoms with Gasteiger partial charge in [-0.1, -0.05) is 0 Å². The molecular formula is C12H14O6. The van der Waals surface area contributed by atoms with Crippen LogP contribution in [-0.4, -0.2) is 37.7 Å². The molecule has 1 aliphatic heterocycles. The van der Waals surface area contributed by atoms with Crippen LogP contribution in [0.4, 0.5) is 0 Å². The molecule has 0 fully saturated rings. The topological polar surface area (TPSA) is 74.2 Å². The molecule has 1 aromatic rings. The predicted molar refractivity (Wildman–Crippen MR) is 61.5 cm³/mol. The lowest BCUT2D eigenvalue weighted by molar-refractivity contribution is 0.0686. The number of hydrogen-bond donors (Lipinski definition) is 1.